The highest BCUT2D eigenvalue weighted by molar-refractivity contribution is 6.38. The Morgan fingerprint density at radius 2 is 1.81 bits per heavy atom. The zero-order chi connectivity index (χ0) is 20.3. The fourth-order valence-electron chi connectivity index (χ4n) is 2.22. The molecule has 0 aromatic heterocycles. The van der Waals surface area contributed by atoms with Crippen molar-refractivity contribution < 1.29 is 36.7 Å². The molecule has 1 aliphatic heterocycles. The van der Waals surface area contributed by atoms with E-state index in [1.807, 2.05) is 0 Å². The van der Waals surface area contributed by atoms with Gasteiger partial charge in [0.2, 0.25) is 5.91 Å². The van der Waals surface area contributed by atoms with E-state index in [1.165, 1.54) is 6.92 Å². The quantitative estimate of drug-likeness (QED) is 0.473. The lowest BCUT2D eigenvalue weighted by Gasteiger charge is -2.24. The molecule has 7 nitrogen and oxygen atoms in total. The van der Waals surface area contributed by atoms with E-state index >= 15 is 0 Å². The molecule has 1 N–H and O–H groups in total. The molecule has 11 heteroatoms. The molecule has 0 radical (unpaired) electrons. The molecule has 1 aromatic rings. The number of amides is 2. The van der Waals surface area contributed by atoms with Crippen molar-refractivity contribution in [2.45, 2.75) is 32.8 Å². The van der Waals surface area contributed by atoms with Crippen LogP contribution in [0.15, 0.2) is 11.2 Å². The number of carbonyl (C=O) groups excluding carboxylic acids is 3. The number of nitrogens with one attached hydrogen (secondary N) is 1. The molecule has 0 saturated carbocycles. The van der Waals surface area contributed by atoms with Gasteiger partial charge in [-0.3, -0.25) is 9.59 Å². The summed E-state index contributed by atoms with van der Waals surface area (Å²) in [5, 5.41) is 5.97. The van der Waals surface area contributed by atoms with Crippen LogP contribution in [-0.4, -0.2) is 36.1 Å². The summed E-state index contributed by atoms with van der Waals surface area (Å²) in [5.74, 6) is -9.81. The number of benzene rings is 1. The average molecular weight is 389 g/mol. The molecule has 0 unspecified atom stereocenters. The maximum Gasteiger partial charge on any atom is 0.355 e. The number of ether oxygens (including phenoxy) is 1. The summed E-state index contributed by atoms with van der Waals surface area (Å²) in [7, 11) is 0. The van der Waals surface area contributed by atoms with Gasteiger partial charge in [0.05, 0.1) is 0 Å². The van der Waals surface area contributed by atoms with Gasteiger partial charge in [-0.1, -0.05) is 0 Å². The third-order valence-corrected chi connectivity index (χ3v) is 3.57. The largest absolute Gasteiger partial charge is 0.448 e. The maximum atomic E-state index is 13.9. The molecular formula is C16H15F4N3O4. The highest BCUT2D eigenvalue weighted by Crippen LogP contribution is 2.30. The van der Waals surface area contributed by atoms with Crippen LogP contribution in [0.5, 0.6) is 0 Å². The molecule has 1 aromatic carbocycles. The molecule has 0 spiro atoms. The van der Waals surface area contributed by atoms with Gasteiger partial charge in [0.15, 0.2) is 29.4 Å². The Balaban J connectivity index is 2.33. The van der Waals surface area contributed by atoms with Crippen LogP contribution >= 0.6 is 0 Å². The first-order valence-corrected chi connectivity index (χ1v) is 7.89. The lowest BCUT2D eigenvalue weighted by molar-refractivity contribution is -0.148. The Hall–Kier alpha value is -2.98. The first kappa shape index (κ1) is 20.3. The zero-order valence-corrected chi connectivity index (χ0v) is 14.3. The van der Waals surface area contributed by atoms with E-state index in [-0.39, 0.29) is 17.5 Å². The molecule has 0 saturated heterocycles. The van der Waals surface area contributed by atoms with Crippen molar-refractivity contribution >= 4 is 29.2 Å². The molecule has 146 valence electrons. The van der Waals surface area contributed by atoms with Gasteiger partial charge in [-0.25, -0.2) is 22.4 Å². The average Bonchev–Trinajstić information content (AvgIpc) is 2.61. The Morgan fingerprint density at radius 3 is 2.37 bits per heavy atom. The van der Waals surface area contributed by atoms with E-state index in [9.17, 15) is 31.9 Å². The van der Waals surface area contributed by atoms with Gasteiger partial charge in [0.25, 0.3) is 5.91 Å². The number of hydrazone groups is 1. The lowest BCUT2D eigenvalue weighted by Crippen LogP contribution is -2.40. The Kier molecular flexibility index (Phi) is 6.13. The first-order valence-electron chi connectivity index (χ1n) is 7.89. The zero-order valence-electron chi connectivity index (χ0n) is 14.3. The standard InChI is InChI=1S/C16H15F4N3O4/c1-3-21-15(25)7(2)27-16(26)10-4-5-11(24)23(22-10)14-12(19)8(17)6-9(18)13(14)20/h6-7H,3-5H2,1-2H3,(H,21,25)/t7-/m0/s1. The molecule has 2 amide bonds. The van der Waals surface area contributed by atoms with Crippen molar-refractivity contribution in [3.8, 4) is 0 Å². The van der Waals surface area contributed by atoms with Gasteiger partial charge < -0.3 is 10.1 Å². The van der Waals surface area contributed by atoms with Gasteiger partial charge in [-0.15, -0.1) is 0 Å². The van der Waals surface area contributed by atoms with Crippen LogP contribution in [0.3, 0.4) is 0 Å². The monoisotopic (exact) mass is 389 g/mol. The summed E-state index contributed by atoms with van der Waals surface area (Å²) in [6.07, 6.45) is -1.84. The van der Waals surface area contributed by atoms with Gasteiger partial charge in [-0.2, -0.15) is 10.1 Å². The van der Waals surface area contributed by atoms with Crippen LogP contribution in [0.2, 0.25) is 0 Å². The second kappa shape index (κ2) is 8.14. The highest BCUT2D eigenvalue weighted by atomic mass is 19.2. The molecule has 0 aliphatic carbocycles. The molecule has 1 heterocycles. The third-order valence-electron chi connectivity index (χ3n) is 3.57. The SMILES string of the molecule is CCNC(=O)[C@H](C)OC(=O)C1=NN(c2c(F)c(F)cc(F)c2F)C(=O)CC1. The molecule has 1 atom stereocenters. The van der Waals surface area contributed by atoms with Gasteiger partial charge in [0, 0.05) is 25.5 Å². The van der Waals surface area contributed by atoms with Gasteiger partial charge >= 0.3 is 5.97 Å². The van der Waals surface area contributed by atoms with Crippen molar-refractivity contribution in [2.75, 3.05) is 11.6 Å². The van der Waals surface area contributed by atoms with E-state index in [2.05, 4.69) is 10.4 Å². The number of halogens is 4. The number of hydrogen-bond acceptors (Lipinski definition) is 5. The number of hydrogen-bond donors (Lipinski definition) is 1. The summed E-state index contributed by atoms with van der Waals surface area (Å²) in [4.78, 5) is 35.6. The third kappa shape index (κ3) is 4.23. The minimum Gasteiger partial charge on any atom is -0.448 e. The molecule has 2 rings (SSSR count). The Morgan fingerprint density at radius 1 is 1.22 bits per heavy atom. The number of anilines is 1. The topological polar surface area (TPSA) is 88.1 Å². The van der Waals surface area contributed by atoms with Crippen molar-refractivity contribution in [3.63, 3.8) is 0 Å². The molecule has 1 aliphatic rings. The van der Waals surface area contributed by atoms with Crippen molar-refractivity contribution in [1.82, 2.24) is 5.32 Å². The number of carbonyl (C=O) groups is 3. The van der Waals surface area contributed by atoms with E-state index < -0.39 is 65.0 Å². The van der Waals surface area contributed by atoms with Crippen LogP contribution in [-0.2, 0) is 19.1 Å². The van der Waals surface area contributed by atoms with Crippen LogP contribution in [0, 0.1) is 23.3 Å². The van der Waals surface area contributed by atoms with Crippen LogP contribution < -0.4 is 10.3 Å². The van der Waals surface area contributed by atoms with E-state index in [4.69, 9.17) is 4.74 Å². The molecular weight excluding hydrogens is 374 g/mol. The predicted octanol–water partition coefficient (Wildman–Crippen LogP) is 1.79. The van der Waals surface area contributed by atoms with Crippen LogP contribution in [0.4, 0.5) is 23.2 Å². The summed E-state index contributed by atoms with van der Waals surface area (Å²) >= 11 is 0. The van der Waals surface area contributed by atoms with Crippen molar-refractivity contribution in [1.29, 1.82) is 0 Å². The first-order chi connectivity index (χ1) is 12.7. The number of nitrogens with zero attached hydrogens (tertiary/aromatic N) is 2. The molecule has 0 bridgehead atoms. The van der Waals surface area contributed by atoms with E-state index in [0.29, 0.717) is 6.54 Å². The number of rotatable bonds is 5. The normalized spacial score (nSPS) is 15.3. The predicted molar refractivity (Wildman–Crippen MR) is 84.7 cm³/mol. The van der Waals surface area contributed by atoms with E-state index in [1.54, 1.807) is 6.92 Å². The van der Waals surface area contributed by atoms with Crippen LogP contribution in [0.1, 0.15) is 26.7 Å². The highest BCUT2D eigenvalue weighted by Gasteiger charge is 2.33. The summed E-state index contributed by atoms with van der Waals surface area (Å²) in [6, 6.07) is -0.0184. The van der Waals surface area contributed by atoms with Crippen molar-refractivity contribution in [2.24, 2.45) is 5.10 Å². The van der Waals surface area contributed by atoms with Crippen molar-refractivity contribution in [3.05, 3.63) is 29.3 Å². The number of esters is 1. The Labute approximate surface area is 151 Å². The molecule has 0 fully saturated rings. The lowest BCUT2D eigenvalue weighted by atomic mass is 10.1. The second-order valence-electron chi connectivity index (χ2n) is 5.51. The maximum absolute atomic E-state index is 13.9. The smallest absolute Gasteiger partial charge is 0.355 e. The minimum atomic E-state index is -1.84. The summed E-state index contributed by atoms with van der Waals surface area (Å²) < 4.78 is 59.5. The Bertz CT molecular complexity index is 802. The van der Waals surface area contributed by atoms with E-state index in [0.717, 1.165) is 0 Å². The second-order valence-corrected chi connectivity index (χ2v) is 5.51. The fraction of sp³-hybridized carbons (Fsp3) is 0.375. The summed E-state index contributed by atoms with van der Waals surface area (Å²) in [5.41, 5.74) is -1.81. The van der Waals surface area contributed by atoms with Gasteiger partial charge in [-0.05, 0) is 13.8 Å². The number of likely N-dealkylation sites (N-methyl/N-ethyl adjacent to an activating group) is 1. The summed E-state index contributed by atoms with van der Waals surface area (Å²) in [6.45, 7) is 3.24. The molecule has 27 heavy (non-hydrogen) atoms. The van der Waals surface area contributed by atoms with Gasteiger partial charge in [0.1, 0.15) is 11.4 Å². The van der Waals surface area contributed by atoms with Crippen LogP contribution in [0.25, 0.3) is 0 Å². The minimum absolute atomic E-state index is 0.0184. The fourth-order valence-corrected chi connectivity index (χ4v) is 2.22.